The second kappa shape index (κ2) is 16.4. The molecule has 6 rings (SSSR count). The van der Waals surface area contributed by atoms with Crippen molar-refractivity contribution < 1.29 is 27.8 Å². The third kappa shape index (κ3) is 10.2. The first-order valence-electron chi connectivity index (χ1n) is 19.6. The molecule has 0 spiro atoms. The average Bonchev–Trinajstić information content (AvgIpc) is 3.63. The van der Waals surface area contributed by atoms with E-state index in [-0.39, 0.29) is 35.4 Å². The van der Waals surface area contributed by atoms with Crippen LogP contribution in [0.2, 0.25) is 51.4 Å². The van der Waals surface area contributed by atoms with Crippen molar-refractivity contribution in [1.82, 2.24) is 24.5 Å². The van der Waals surface area contributed by atoms with Gasteiger partial charge in [-0.3, -0.25) is 4.98 Å². The van der Waals surface area contributed by atoms with Gasteiger partial charge in [0.1, 0.15) is 36.5 Å². The number of nitrogens with zero attached hydrogens (tertiary/aromatic N) is 6. The summed E-state index contributed by atoms with van der Waals surface area (Å²) in [6, 6.07) is 11.5. The lowest BCUT2D eigenvalue weighted by molar-refractivity contribution is 0.00568. The Morgan fingerprint density at radius 3 is 2.02 bits per heavy atom. The molecule has 2 saturated heterocycles. The number of fused-ring (bicyclic) bond motifs is 3. The summed E-state index contributed by atoms with van der Waals surface area (Å²) < 4.78 is 49.6. The summed E-state index contributed by atoms with van der Waals surface area (Å²) >= 11 is 0. The highest BCUT2D eigenvalue weighted by molar-refractivity contribution is 6.76. The molecule has 3 aromatic heterocycles. The SMILES string of the molecule is CC(C)(C)OC(=O)N1[C@@H]2CC[C@H]1CC(c1cc(N(COCC[Si](C)(C)C)COCC[Si](C)(C)C)n3ncc(-c4ccc(-c5c(F)cccc5F)nc4)c3n1)C2. The number of carbonyl (C=O) groups excluding carboxylic acids is 1. The van der Waals surface area contributed by atoms with Crippen molar-refractivity contribution in [1.29, 1.82) is 0 Å². The van der Waals surface area contributed by atoms with Gasteiger partial charge in [-0.25, -0.2) is 18.6 Å². The van der Waals surface area contributed by atoms with Crippen molar-refractivity contribution >= 4 is 33.7 Å². The van der Waals surface area contributed by atoms with Crippen LogP contribution in [0.3, 0.4) is 0 Å². The van der Waals surface area contributed by atoms with E-state index in [2.05, 4.69) is 55.2 Å². The molecule has 55 heavy (non-hydrogen) atoms. The van der Waals surface area contributed by atoms with E-state index in [1.807, 2.05) is 30.2 Å². The zero-order valence-corrected chi connectivity index (χ0v) is 36.0. The lowest BCUT2D eigenvalue weighted by Crippen LogP contribution is -2.48. The number of carbonyl (C=O) groups is 1. The number of rotatable bonds is 14. The van der Waals surface area contributed by atoms with Crippen LogP contribution in [0.5, 0.6) is 0 Å². The van der Waals surface area contributed by atoms with Gasteiger partial charge in [0.05, 0.1) is 17.5 Å². The average molecular weight is 793 g/mol. The van der Waals surface area contributed by atoms with Crippen LogP contribution in [0.25, 0.3) is 28.0 Å². The number of benzene rings is 1. The molecule has 2 bridgehead atoms. The molecule has 5 heterocycles. The van der Waals surface area contributed by atoms with E-state index in [1.54, 1.807) is 24.5 Å². The van der Waals surface area contributed by atoms with Gasteiger partial charge in [0.2, 0.25) is 0 Å². The number of hydrogen-bond acceptors (Lipinski definition) is 8. The maximum atomic E-state index is 14.6. The Bertz CT molecular complexity index is 1900. The summed E-state index contributed by atoms with van der Waals surface area (Å²) in [7, 11) is -2.64. The van der Waals surface area contributed by atoms with Crippen LogP contribution in [0.15, 0.2) is 48.8 Å². The number of halogens is 2. The number of pyridine rings is 1. The largest absolute Gasteiger partial charge is 0.444 e. The first-order chi connectivity index (χ1) is 25.9. The normalized spacial score (nSPS) is 19.0. The second-order valence-corrected chi connectivity index (χ2v) is 29.8. The molecule has 1 unspecified atom stereocenters. The Kier molecular flexibility index (Phi) is 12.2. The smallest absolute Gasteiger partial charge is 0.410 e. The van der Waals surface area contributed by atoms with E-state index in [1.165, 1.54) is 18.2 Å². The molecular weight excluding hydrogens is 735 g/mol. The molecule has 0 radical (unpaired) electrons. The maximum absolute atomic E-state index is 14.6. The molecule has 0 aliphatic carbocycles. The quantitative estimate of drug-likeness (QED) is 0.0708. The van der Waals surface area contributed by atoms with Crippen molar-refractivity contribution in [3.8, 4) is 22.4 Å². The molecule has 2 fully saturated rings. The number of hydrogen-bond donors (Lipinski definition) is 0. The first-order valence-corrected chi connectivity index (χ1v) is 27.0. The van der Waals surface area contributed by atoms with Gasteiger partial charge < -0.3 is 24.0 Å². The highest BCUT2D eigenvalue weighted by Crippen LogP contribution is 2.44. The van der Waals surface area contributed by atoms with E-state index < -0.39 is 33.4 Å². The Morgan fingerprint density at radius 1 is 0.891 bits per heavy atom. The van der Waals surface area contributed by atoms with Crippen LogP contribution in [0.1, 0.15) is 58.1 Å². The van der Waals surface area contributed by atoms with Gasteiger partial charge >= 0.3 is 6.09 Å². The topological polar surface area (TPSA) is 94.3 Å². The zero-order chi connectivity index (χ0) is 39.7. The predicted octanol–water partition coefficient (Wildman–Crippen LogP) is 9.81. The highest BCUT2D eigenvalue weighted by atomic mass is 28.3. The predicted molar refractivity (Wildman–Crippen MR) is 219 cm³/mol. The van der Waals surface area contributed by atoms with Gasteiger partial charge in [0, 0.05) is 76.4 Å². The first kappa shape index (κ1) is 40.9. The molecule has 0 saturated carbocycles. The molecule has 298 valence electrons. The summed E-state index contributed by atoms with van der Waals surface area (Å²) in [6.45, 7) is 21.7. The van der Waals surface area contributed by atoms with Crippen LogP contribution in [-0.2, 0) is 14.2 Å². The standard InChI is InChI=1S/C41H58F2N6O4Si2/c1-41(2,3)53-40(50)48-30-14-15-31(48)22-29(21-30)36-23-37(47(26-51-17-19-54(4,5)6)27-52-18-20-55(7,8)9)49-39(46-36)32(25-45-49)28-13-16-35(44-24-28)38-33(42)11-10-12-34(38)43/h10-13,16,23-25,29-31H,14-15,17-22,26-27H2,1-9H3/t29?,30-,31+. The van der Waals surface area contributed by atoms with E-state index in [0.717, 1.165) is 60.4 Å². The van der Waals surface area contributed by atoms with Crippen LogP contribution in [0.4, 0.5) is 19.4 Å². The van der Waals surface area contributed by atoms with Crippen LogP contribution in [-0.4, -0.2) is 91.1 Å². The number of amides is 1. The highest BCUT2D eigenvalue weighted by Gasteiger charge is 2.45. The summed E-state index contributed by atoms with van der Waals surface area (Å²) in [5.41, 5.74) is 2.48. The molecule has 1 aromatic carbocycles. The van der Waals surface area contributed by atoms with Gasteiger partial charge in [-0.05, 0) is 76.7 Å². The fourth-order valence-electron chi connectivity index (χ4n) is 7.35. The van der Waals surface area contributed by atoms with E-state index >= 15 is 0 Å². The molecule has 2 aliphatic heterocycles. The van der Waals surface area contributed by atoms with E-state index in [0.29, 0.717) is 32.3 Å². The zero-order valence-electron chi connectivity index (χ0n) is 34.0. The van der Waals surface area contributed by atoms with Gasteiger partial charge in [0.25, 0.3) is 0 Å². The number of piperidine rings is 1. The van der Waals surface area contributed by atoms with Crippen LogP contribution < -0.4 is 4.90 Å². The monoisotopic (exact) mass is 792 g/mol. The fraction of sp³-hybridized carbons (Fsp3) is 0.561. The fourth-order valence-corrected chi connectivity index (χ4v) is 8.87. The molecule has 2 aliphatic rings. The van der Waals surface area contributed by atoms with Crippen LogP contribution in [0, 0.1) is 11.6 Å². The minimum Gasteiger partial charge on any atom is -0.444 e. The molecule has 0 N–H and O–H groups in total. The summed E-state index contributed by atoms with van der Waals surface area (Å²) in [5.74, 6) is -0.446. The van der Waals surface area contributed by atoms with Crippen molar-refractivity contribution in [2.45, 2.75) is 121 Å². The third-order valence-corrected chi connectivity index (χ3v) is 13.7. The molecule has 10 nitrogen and oxygen atoms in total. The van der Waals surface area contributed by atoms with Gasteiger partial charge in [0.15, 0.2) is 5.65 Å². The van der Waals surface area contributed by atoms with E-state index in [4.69, 9.17) is 24.3 Å². The third-order valence-electron chi connectivity index (χ3n) is 10.3. The van der Waals surface area contributed by atoms with Crippen molar-refractivity contribution in [2.75, 3.05) is 31.6 Å². The summed E-state index contributed by atoms with van der Waals surface area (Å²) in [6.07, 6.45) is 6.52. The number of aromatic nitrogens is 4. The Morgan fingerprint density at radius 2 is 1.49 bits per heavy atom. The Hall–Kier alpha value is -3.73. The summed E-state index contributed by atoms with van der Waals surface area (Å²) in [5, 5.41) is 4.86. The number of ether oxygens (including phenoxy) is 3. The van der Waals surface area contributed by atoms with Crippen molar-refractivity contribution in [3.63, 3.8) is 0 Å². The molecule has 3 atom stereocenters. The van der Waals surface area contributed by atoms with E-state index in [9.17, 15) is 13.6 Å². The molecular formula is C41H58F2N6O4Si2. The second-order valence-electron chi connectivity index (χ2n) is 18.5. The minimum absolute atomic E-state index is 0.0610. The lowest BCUT2D eigenvalue weighted by Gasteiger charge is -2.39. The van der Waals surface area contributed by atoms with Crippen molar-refractivity contribution in [3.05, 3.63) is 66.1 Å². The lowest BCUT2D eigenvalue weighted by atomic mass is 9.88. The maximum Gasteiger partial charge on any atom is 0.410 e. The van der Waals surface area contributed by atoms with Gasteiger partial charge in [-0.1, -0.05) is 51.4 Å². The van der Waals surface area contributed by atoms with Gasteiger partial charge in [-0.15, -0.1) is 0 Å². The van der Waals surface area contributed by atoms with Crippen LogP contribution >= 0.6 is 0 Å². The van der Waals surface area contributed by atoms with Gasteiger partial charge in [-0.2, -0.15) is 9.61 Å². The molecule has 14 heteroatoms. The molecule has 4 aromatic rings. The molecule has 1 amide bonds. The Labute approximate surface area is 326 Å². The van der Waals surface area contributed by atoms with Crippen molar-refractivity contribution in [2.24, 2.45) is 0 Å². The minimum atomic E-state index is -1.32. The Balaban J connectivity index is 1.38. The number of anilines is 1. The summed E-state index contributed by atoms with van der Waals surface area (Å²) in [4.78, 5) is 27.2.